The molecule has 1 heterocycles. The van der Waals surface area contributed by atoms with E-state index in [-0.39, 0.29) is 23.7 Å². The molecule has 1 spiro atoms. The third-order valence-electron chi connectivity index (χ3n) is 7.09. The number of hydrogen-bond acceptors (Lipinski definition) is 4. The molecule has 162 valence electrons. The standard InChI is InChI=1S/C23H31N3O4/c27-20(25-30)13-17(12-16-6-4-5-7-16)22(29)26-15-23(10-11-23)14-19(26)21(28)24-18-8-2-1-3-9-18/h1-3,8-9,16-17,19,30H,4-7,10-15H2,(H,24,28)(H,25,27)/t17-,19+/m1/s1. The summed E-state index contributed by atoms with van der Waals surface area (Å²) in [5.41, 5.74) is 2.45. The van der Waals surface area contributed by atoms with Crippen LogP contribution in [0.1, 0.15) is 57.8 Å². The quantitative estimate of drug-likeness (QED) is 0.472. The zero-order valence-corrected chi connectivity index (χ0v) is 17.3. The summed E-state index contributed by atoms with van der Waals surface area (Å²) in [6.45, 7) is 0.584. The summed E-state index contributed by atoms with van der Waals surface area (Å²) in [6.07, 6.45) is 7.83. The van der Waals surface area contributed by atoms with Crippen molar-refractivity contribution in [2.24, 2.45) is 17.3 Å². The van der Waals surface area contributed by atoms with Crippen LogP contribution >= 0.6 is 0 Å². The number of amides is 3. The van der Waals surface area contributed by atoms with Crippen LogP contribution in [-0.2, 0) is 14.4 Å². The molecule has 7 nitrogen and oxygen atoms in total. The molecule has 7 heteroatoms. The average molecular weight is 414 g/mol. The van der Waals surface area contributed by atoms with E-state index in [2.05, 4.69) is 5.32 Å². The van der Waals surface area contributed by atoms with Crippen molar-refractivity contribution in [3.8, 4) is 0 Å². The van der Waals surface area contributed by atoms with Crippen LogP contribution < -0.4 is 10.8 Å². The maximum atomic E-state index is 13.6. The molecule has 1 aromatic carbocycles. The van der Waals surface area contributed by atoms with Crippen LogP contribution in [0.3, 0.4) is 0 Å². The zero-order chi connectivity index (χ0) is 21.1. The molecule has 2 atom stereocenters. The first-order chi connectivity index (χ1) is 14.5. The molecule has 2 aliphatic carbocycles. The van der Waals surface area contributed by atoms with Gasteiger partial charge in [0.05, 0.1) is 0 Å². The number of anilines is 1. The van der Waals surface area contributed by atoms with Gasteiger partial charge in [0, 0.05) is 24.6 Å². The normalized spacial score (nSPS) is 23.4. The second-order valence-corrected chi connectivity index (χ2v) is 9.36. The second kappa shape index (κ2) is 8.76. The fourth-order valence-corrected chi connectivity index (χ4v) is 5.23. The molecule has 1 aliphatic heterocycles. The van der Waals surface area contributed by atoms with Crippen molar-refractivity contribution in [1.29, 1.82) is 0 Å². The molecule has 2 saturated carbocycles. The molecule has 30 heavy (non-hydrogen) atoms. The zero-order valence-electron chi connectivity index (χ0n) is 17.3. The van der Waals surface area contributed by atoms with Crippen molar-refractivity contribution in [2.45, 2.75) is 63.8 Å². The first kappa shape index (κ1) is 20.8. The lowest BCUT2D eigenvalue weighted by Crippen LogP contribution is -2.46. The molecule has 4 rings (SSSR count). The monoisotopic (exact) mass is 413 g/mol. The Morgan fingerprint density at radius 1 is 1.13 bits per heavy atom. The van der Waals surface area contributed by atoms with Gasteiger partial charge in [0.1, 0.15) is 6.04 Å². The van der Waals surface area contributed by atoms with Crippen molar-refractivity contribution in [3.63, 3.8) is 0 Å². The summed E-state index contributed by atoms with van der Waals surface area (Å²) in [7, 11) is 0. The van der Waals surface area contributed by atoms with Gasteiger partial charge in [-0.1, -0.05) is 43.9 Å². The SMILES string of the molecule is O=C(C[C@@H](CC1CCCC1)C(=O)N1CC2(CC2)C[C@H]1C(=O)Nc1ccccc1)NO. The number of hydroxylamine groups is 1. The van der Waals surface area contributed by atoms with Crippen LogP contribution in [0, 0.1) is 17.3 Å². The van der Waals surface area contributed by atoms with E-state index in [4.69, 9.17) is 5.21 Å². The van der Waals surface area contributed by atoms with E-state index < -0.39 is 17.9 Å². The van der Waals surface area contributed by atoms with E-state index in [1.54, 1.807) is 10.4 Å². The molecule has 0 bridgehead atoms. The maximum Gasteiger partial charge on any atom is 0.247 e. The third-order valence-corrected chi connectivity index (χ3v) is 7.09. The number of nitrogens with one attached hydrogen (secondary N) is 2. The average Bonchev–Trinajstić information content (AvgIpc) is 3.13. The van der Waals surface area contributed by atoms with E-state index in [1.807, 2.05) is 30.3 Å². The van der Waals surface area contributed by atoms with Gasteiger partial charge in [-0.3, -0.25) is 19.6 Å². The Labute approximate surface area is 177 Å². The van der Waals surface area contributed by atoms with Crippen molar-refractivity contribution in [3.05, 3.63) is 30.3 Å². The maximum absolute atomic E-state index is 13.6. The second-order valence-electron chi connectivity index (χ2n) is 9.36. The largest absolute Gasteiger partial charge is 0.330 e. The number of likely N-dealkylation sites (tertiary alicyclic amines) is 1. The van der Waals surface area contributed by atoms with Gasteiger partial charge < -0.3 is 10.2 Å². The lowest BCUT2D eigenvalue weighted by Gasteiger charge is -2.29. The summed E-state index contributed by atoms with van der Waals surface area (Å²) in [5, 5.41) is 11.9. The Morgan fingerprint density at radius 2 is 1.83 bits per heavy atom. The van der Waals surface area contributed by atoms with Crippen molar-refractivity contribution >= 4 is 23.4 Å². The molecule has 0 aromatic heterocycles. The van der Waals surface area contributed by atoms with Crippen molar-refractivity contribution in [1.82, 2.24) is 10.4 Å². The topological polar surface area (TPSA) is 98.7 Å². The number of carbonyl (C=O) groups is 3. The Balaban J connectivity index is 1.50. The van der Waals surface area contributed by atoms with E-state index in [1.165, 1.54) is 0 Å². The van der Waals surface area contributed by atoms with E-state index in [9.17, 15) is 14.4 Å². The number of rotatable bonds is 7. The van der Waals surface area contributed by atoms with E-state index in [0.29, 0.717) is 31.0 Å². The minimum atomic E-state index is -0.544. The Hall–Kier alpha value is -2.41. The van der Waals surface area contributed by atoms with Crippen LogP contribution in [0.25, 0.3) is 0 Å². The highest BCUT2D eigenvalue weighted by molar-refractivity contribution is 5.98. The fourth-order valence-electron chi connectivity index (χ4n) is 5.23. The minimum absolute atomic E-state index is 0.0393. The molecule has 3 aliphatic rings. The third kappa shape index (κ3) is 4.67. The van der Waals surface area contributed by atoms with Crippen LogP contribution in [0.5, 0.6) is 0 Å². The molecule has 3 amide bonds. The number of benzene rings is 1. The number of carbonyl (C=O) groups excluding carboxylic acids is 3. The van der Waals surface area contributed by atoms with Crippen LogP contribution in [0.2, 0.25) is 0 Å². The Bertz CT molecular complexity index is 787. The summed E-state index contributed by atoms with van der Waals surface area (Å²) >= 11 is 0. The predicted molar refractivity (Wildman–Crippen MR) is 111 cm³/mol. The highest BCUT2D eigenvalue weighted by Gasteiger charge is 2.55. The number of hydrogen-bond donors (Lipinski definition) is 3. The number of nitrogens with zero attached hydrogens (tertiary/aromatic N) is 1. The van der Waals surface area contributed by atoms with E-state index in [0.717, 1.165) is 38.5 Å². The van der Waals surface area contributed by atoms with Crippen molar-refractivity contribution in [2.75, 3.05) is 11.9 Å². The molecule has 3 fully saturated rings. The predicted octanol–water partition coefficient (Wildman–Crippen LogP) is 3.10. The van der Waals surface area contributed by atoms with Gasteiger partial charge in [-0.25, -0.2) is 5.48 Å². The van der Waals surface area contributed by atoms with Gasteiger partial charge in [0.25, 0.3) is 0 Å². The fraction of sp³-hybridized carbons (Fsp3) is 0.609. The van der Waals surface area contributed by atoms with Gasteiger partial charge in [0.2, 0.25) is 17.7 Å². The van der Waals surface area contributed by atoms with Gasteiger partial charge in [-0.05, 0) is 49.1 Å². The van der Waals surface area contributed by atoms with E-state index >= 15 is 0 Å². The Morgan fingerprint density at radius 3 is 2.47 bits per heavy atom. The highest BCUT2D eigenvalue weighted by atomic mass is 16.5. The first-order valence-electron chi connectivity index (χ1n) is 11.1. The van der Waals surface area contributed by atoms with Gasteiger partial charge in [0.15, 0.2) is 0 Å². The van der Waals surface area contributed by atoms with Gasteiger partial charge >= 0.3 is 0 Å². The van der Waals surface area contributed by atoms with Crippen LogP contribution in [0.4, 0.5) is 5.69 Å². The van der Waals surface area contributed by atoms with Crippen molar-refractivity contribution < 1.29 is 19.6 Å². The lowest BCUT2D eigenvalue weighted by atomic mass is 9.89. The summed E-state index contributed by atoms with van der Waals surface area (Å²) in [6, 6.07) is 8.77. The summed E-state index contributed by atoms with van der Waals surface area (Å²) in [4.78, 5) is 40.2. The molecular weight excluding hydrogens is 382 g/mol. The molecule has 3 N–H and O–H groups in total. The summed E-state index contributed by atoms with van der Waals surface area (Å²) < 4.78 is 0. The molecule has 0 unspecified atom stereocenters. The molecular formula is C23H31N3O4. The van der Waals surface area contributed by atoms with Gasteiger partial charge in [-0.15, -0.1) is 0 Å². The van der Waals surface area contributed by atoms with Crippen LogP contribution in [0.15, 0.2) is 30.3 Å². The molecule has 1 saturated heterocycles. The van der Waals surface area contributed by atoms with Crippen LogP contribution in [-0.4, -0.2) is 40.4 Å². The number of para-hydroxylation sites is 1. The first-order valence-corrected chi connectivity index (χ1v) is 11.1. The minimum Gasteiger partial charge on any atom is -0.330 e. The lowest BCUT2D eigenvalue weighted by molar-refractivity contribution is -0.144. The molecule has 1 aromatic rings. The summed E-state index contributed by atoms with van der Waals surface area (Å²) in [5.74, 6) is -0.898. The van der Waals surface area contributed by atoms with Gasteiger partial charge in [-0.2, -0.15) is 0 Å². The highest BCUT2D eigenvalue weighted by Crippen LogP contribution is 2.55. The molecule has 0 radical (unpaired) electrons. The Kier molecular flexibility index (Phi) is 6.09. The smallest absolute Gasteiger partial charge is 0.247 e.